The molecular formula is C13H18N2O2. The Morgan fingerprint density at radius 2 is 2.00 bits per heavy atom. The molecule has 0 spiro atoms. The van der Waals surface area contributed by atoms with Gasteiger partial charge in [-0.05, 0) is 20.0 Å². The number of likely N-dealkylation sites (N-methyl/N-ethyl adjacent to an activating group) is 1. The summed E-state index contributed by atoms with van der Waals surface area (Å²) in [6, 6.07) is 7.78. The number of rotatable bonds is 4. The summed E-state index contributed by atoms with van der Waals surface area (Å²) < 4.78 is 0. The largest absolute Gasteiger partial charge is 0.389 e. The Hall–Kier alpha value is -1.36. The van der Waals surface area contributed by atoms with Gasteiger partial charge in [-0.2, -0.15) is 0 Å². The molecule has 1 heterocycles. The van der Waals surface area contributed by atoms with Crippen LogP contribution in [-0.2, 0) is 0 Å². The van der Waals surface area contributed by atoms with E-state index in [1.807, 2.05) is 31.2 Å². The van der Waals surface area contributed by atoms with Gasteiger partial charge in [-0.25, -0.2) is 0 Å². The van der Waals surface area contributed by atoms with E-state index < -0.39 is 12.2 Å². The van der Waals surface area contributed by atoms with Crippen molar-refractivity contribution in [1.82, 2.24) is 10.3 Å². The van der Waals surface area contributed by atoms with Gasteiger partial charge in [0.15, 0.2) is 0 Å². The molecule has 2 atom stereocenters. The van der Waals surface area contributed by atoms with Gasteiger partial charge in [0.25, 0.3) is 0 Å². The lowest BCUT2D eigenvalue weighted by Gasteiger charge is -2.18. The number of benzene rings is 1. The predicted molar refractivity (Wildman–Crippen MR) is 67.9 cm³/mol. The predicted octanol–water partition coefficient (Wildman–Crippen LogP) is 1.09. The maximum atomic E-state index is 10.2. The van der Waals surface area contributed by atoms with Crippen LogP contribution in [0, 0.1) is 6.92 Å². The average molecular weight is 234 g/mol. The molecule has 2 aromatic rings. The molecule has 0 saturated heterocycles. The van der Waals surface area contributed by atoms with Gasteiger partial charge in [-0.1, -0.05) is 18.2 Å². The number of aryl methyl sites for hydroxylation is 1. The smallest absolute Gasteiger partial charge is 0.108 e. The van der Waals surface area contributed by atoms with Crippen molar-refractivity contribution < 1.29 is 10.2 Å². The Balaban J connectivity index is 2.43. The van der Waals surface area contributed by atoms with Crippen molar-refractivity contribution in [2.24, 2.45) is 0 Å². The second-order valence-electron chi connectivity index (χ2n) is 4.28. The van der Waals surface area contributed by atoms with E-state index in [0.29, 0.717) is 6.54 Å². The molecule has 0 aliphatic rings. The highest BCUT2D eigenvalue weighted by Gasteiger charge is 2.22. The van der Waals surface area contributed by atoms with Crippen LogP contribution in [0.3, 0.4) is 0 Å². The summed E-state index contributed by atoms with van der Waals surface area (Å²) in [5.74, 6) is 0. The number of fused-ring (bicyclic) bond motifs is 1. The third kappa shape index (κ3) is 2.20. The zero-order valence-electron chi connectivity index (χ0n) is 10.1. The van der Waals surface area contributed by atoms with Crippen LogP contribution in [0.1, 0.15) is 17.4 Å². The number of aromatic amines is 1. The minimum atomic E-state index is -0.876. The van der Waals surface area contributed by atoms with Gasteiger partial charge in [0.05, 0.1) is 6.10 Å². The second kappa shape index (κ2) is 4.87. The first-order valence-corrected chi connectivity index (χ1v) is 5.73. The maximum absolute atomic E-state index is 10.2. The number of hydrogen-bond donors (Lipinski definition) is 4. The molecule has 4 heteroatoms. The fourth-order valence-electron chi connectivity index (χ4n) is 2.19. The van der Waals surface area contributed by atoms with Crippen molar-refractivity contribution in [2.75, 3.05) is 13.6 Å². The van der Waals surface area contributed by atoms with Crippen LogP contribution in [0.5, 0.6) is 0 Å². The summed E-state index contributed by atoms with van der Waals surface area (Å²) in [5.41, 5.74) is 2.66. The van der Waals surface area contributed by atoms with Crippen molar-refractivity contribution in [3.05, 3.63) is 35.5 Å². The van der Waals surface area contributed by atoms with E-state index in [-0.39, 0.29) is 0 Å². The van der Waals surface area contributed by atoms with Crippen LogP contribution in [0.4, 0.5) is 0 Å². The highest BCUT2D eigenvalue weighted by Crippen LogP contribution is 2.29. The molecule has 1 aromatic carbocycles. The van der Waals surface area contributed by atoms with Gasteiger partial charge in [-0.3, -0.25) is 0 Å². The summed E-state index contributed by atoms with van der Waals surface area (Å²) in [6.07, 6.45) is -1.68. The fraction of sp³-hybridized carbons (Fsp3) is 0.385. The van der Waals surface area contributed by atoms with Crippen molar-refractivity contribution in [3.63, 3.8) is 0 Å². The van der Waals surface area contributed by atoms with Crippen molar-refractivity contribution in [2.45, 2.75) is 19.1 Å². The lowest BCUT2D eigenvalue weighted by Crippen LogP contribution is -2.29. The zero-order chi connectivity index (χ0) is 12.4. The normalized spacial score (nSPS) is 15.1. The lowest BCUT2D eigenvalue weighted by molar-refractivity contribution is 0.0207. The van der Waals surface area contributed by atoms with E-state index in [0.717, 1.165) is 22.2 Å². The Bertz CT molecular complexity index is 507. The molecule has 2 unspecified atom stereocenters. The number of hydrogen-bond acceptors (Lipinski definition) is 3. The van der Waals surface area contributed by atoms with Gasteiger partial charge < -0.3 is 20.5 Å². The monoisotopic (exact) mass is 234 g/mol. The first kappa shape index (κ1) is 12.1. The molecule has 4 nitrogen and oxygen atoms in total. The number of H-pyrrole nitrogens is 1. The molecule has 2 rings (SSSR count). The first-order chi connectivity index (χ1) is 8.15. The van der Waals surface area contributed by atoms with Crippen molar-refractivity contribution in [3.8, 4) is 0 Å². The van der Waals surface area contributed by atoms with Crippen LogP contribution in [0.25, 0.3) is 10.9 Å². The maximum Gasteiger partial charge on any atom is 0.108 e. The van der Waals surface area contributed by atoms with Gasteiger partial charge in [0.2, 0.25) is 0 Å². The van der Waals surface area contributed by atoms with E-state index in [2.05, 4.69) is 10.3 Å². The molecule has 4 N–H and O–H groups in total. The van der Waals surface area contributed by atoms with Crippen LogP contribution < -0.4 is 5.32 Å². The minimum Gasteiger partial charge on any atom is -0.389 e. The lowest BCUT2D eigenvalue weighted by atomic mass is 10.0. The molecule has 0 saturated carbocycles. The Labute approximate surface area is 100 Å². The Morgan fingerprint density at radius 3 is 2.71 bits per heavy atom. The van der Waals surface area contributed by atoms with Crippen molar-refractivity contribution >= 4 is 10.9 Å². The van der Waals surface area contributed by atoms with E-state index in [9.17, 15) is 10.2 Å². The quantitative estimate of drug-likeness (QED) is 0.640. The Morgan fingerprint density at radius 1 is 1.29 bits per heavy atom. The fourth-order valence-corrected chi connectivity index (χ4v) is 2.19. The van der Waals surface area contributed by atoms with Crippen LogP contribution in [0.15, 0.2) is 24.3 Å². The Kier molecular flexibility index (Phi) is 3.47. The molecule has 1 aromatic heterocycles. The highest BCUT2D eigenvalue weighted by atomic mass is 16.3. The first-order valence-electron chi connectivity index (χ1n) is 5.73. The molecule has 0 aliphatic heterocycles. The number of nitrogens with one attached hydrogen (secondary N) is 2. The average Bonchev–Trinajstić information content (AvgIpc) is 2.64. The van der Waals surface area contributed by atoms with Crippen LogP contribution in [0.2, 0.25) is 0 Å². The van der Waals surface area contributed by atoms with Gasteiger partial charge in [0.1, 0.15) is 6.10 Å². The standard InChI is InChI=1S/C13H18N2O2/c1-8-12(13(17)11(16)7-14-2)9-5-3-4-6-10(9)15-8/h3-6,11,13-17H,7H2,1-2H3. The molecule has 0 radical (unpaired) electrons. The summed E-state index contributed by atoms with van der Waals surface area (Å²) in [7, 11) is 1.75. The third-order valence-electron chi connectivity index (χ3n) is 3.02. The molecule has 0 fully saturated rings. The van der Waals surface area contributed by atoms with Gasteiger partial charge >= 0.3 is 0 Å². The van der Waals surface area contributed by atoms with Gasteiger partial charge in [-0.15, -0.1) is 0 Å². The summed E-state index contributed by atoms with van der Waals surface area (Å²) in [4.78, 5) is 3.21. The molecule has 0 aliphatic carbocycles. The molecule has 92 valence electrons. The molecular weight excluding hydrogens is 216 g/mol. The summed E-state index contributed by atoms with van der Waals surface area (Å²) >= 11 is 0. The van der Waals surface area contributed by atoms with E-state index >= 15 is 0 Å². The number of para-hydroxylation sites is 1. The number of aromatic nitrogens is 1. The van der Waals surface area contributed by atoms with Gasteiger partial charge in [0, 0.05) is 28.7 Å². The SMILES string of the molecule is CNCC(O)C(O)c1c(C)[nH]c2ccccc12. The summed E-state index contributed by atoms with van der Waals surface area (Å²) in [6.45, 7) is 2.27. The van der Waals surface area contributed by atoms with E-state index in [4.69, 9.17) is 0 Å². The number of aliphatic hydroxyl groups excluding tert-OH is 2. The molecule has 17 heavy (non-hydrogen) atoms. The highest BCUT2D eigenvalue weighted by molar-refractivity contribution is 5.85. The van der Waals surface area contributed by atoms with Crippen LogP contribution in [-0.4, -0.2) is 34.9 Å². The van der Waals surface area contributed by atoms with E-state index in [1.165, 1.54) is 0 Å². The summed E-state index contributed by atoms with van der Waals surface area (Å²) in [5, 5.41) is 23.8. The van der Waals surface area contributed by atoms with E-state index in [1.54, 1.807) is 7.05 Å². The topological polar surface area (TPSA) is 68.3 Å². The minimum absolute atomic E-state index is 0.361. The molecule has 0 amide bonds. The van der Waals surface area contributed by atoms with Crippen LogP contribution >= 0.6 is 0 Å². The zero-order valence-corrected chi connectivity index (χ0v) is 10.1. The third-order valence-corrected chi connectivity index (χ3v) is 3.02. The second-order valence-corrected chi connectivity index (χ2v) is 4.28. The van der Waals surface area contributed by atoms with Crippen molar-refractivity contribution in [1.29, 1.82) is 0 Å². The number of aliphatic hydroxyl groups is 2. The molecule has 0 bridgehead atoms.